The van der Waals surface area contributed by atoms with Crippen molar-refractivity contribution in [2.45, 2.75) is 12.1 Å². The first-order valence-electron chi connectivity index (χ1n) is 6.65. The summed E-state index contributed by atoms with van der Waals surface area (Å²) >= 11 is 7.15. The van der Waals surface area contributed by atoms with Crippen molar-refractivity contribution in [3.63, 3.8) is 0 Å². The zero-order valence-electron chi connectivity index (χ0n) is 11.8. The number of anilines is 1. The fourth-order valence-electron chi connectivity index (χ4n) is 1.99. The number of amides is 1. The zero-order chi connectivity index (χ0) is 15.5. The fourth-order valence-corrected chi connectivity index (χ4v) is 2.79. The van der Waals surface area contributed by atoms with Crippen LogP contribution in [0, 0.1) is 6.92 Å². The van der Waals surface area contributed by atoms with Crippen LogP contribution in [0.15, 0.2) is 52.1 Å². The van der Waals surface area contributed by atoms with Gasteiger partial charge in [0.15, 0.2) is 5.58 Å². The van der Waals surface area contributed by atoms with E-state index in [1.54, 1.807) is 18.2 Å². The average Bonchev–Trinajstić information content (AvgIpc) is 2.87. The molecule has 0 aliphatic rings. The van der Waals surface area contributed by atoms with Gasteiger partial charge in [0.2, 0.25) is 5.91 Å². The van der Waals surface area contributed by atoms with Gasteiger partial charge in [-0.25, -0.2) is 4.98 Å². The Morgan fingerprint density at radius 2 is 2.18 bits per heavy atom. The third-order valence-electron chi connectivity index (χ3n) is 2.96. The molecular weight excluding hydrogens is 320 g/mol. The molecule has 22 heavy (non-hydrogen) atoms. The van der Waals surface area contributed by atoms with Gasteiger partial charge in [-0.3, -0.25) is 4.79 Å². The number of fused-ring (bicyclic) bond motifs is 1. The highest BCUT2D eigenvalue weighted by Crippen LogP contribution is 2.25. The number of carbonyl (C=O) groups is 1. The quantitative estimate of drug-likeness (QED) is 0.714. The third kappa shape index (κ3) is 3.61. The molecule has 0 saturated carbocycles. The summed E-state index contributed by atoms with van der Waals surface area (Å²) < 4.78 is 5.56. The van der Waals surface area contributed by atoms with Crippen molar-refractivity contribution in [2.75, 3.05) is 11.1 Å². The highest BCUT2D eigenvalue weighted by Gasteiger charge is 2.10. The Balaban J connectivity index is 1.62. The minimum absolute atomic E-state index is 0.101. The Hall–Kier alpha value is -1.98. The van der Waals surface area contributed by atoms with E-state index in [2.05, 4.69) is 10.3 Å². The molecular formula is C16H13ClN2O2S. The molecule has 2 aromatic carbocycles. The first-order chi connectivity index (χ1) is 10.6. The number of benzene rings is 2. The van der Waals surface area contributed by atoms with Gasteiger partial charge in [-0.15, -0.1) is 0 Å². The van der Waals surface area contributed by atoms with Crippen LogP contribution in [0.4, 0.5) is 5.69 Å². The maximum Gasteiger partial charge on any atom is 0.257 e. The van der Waals surface area contributed by atoms with Gasteiger partial charge in [0.05, 0.1) is 5.75 Å². The number of rotatable bonds is 4. The maximum atomic E-state index is 11.9. The molecule has 0 atom stereocenters. The van der Waals surface area contributed by atoms with E-state index >= 15 is 0 Å². The van der Waals surface area contributed by atoms with Crippen molar-refractivity contribution in [3.05, 3.63) is 53.1 Å². The average molecular weight is 333 g/mol. The number of hydrogen-bond donors (Lipinski definition) is 1. The predicted molar refractivity (Wildman–Crippen MR) is 89.6 cm³/mol. The number of aromatic nitrogens is 1. The second-order valence-electron chi connectivity index (χ2n) is 4.80. The largest absolute Gasteiger partial charge is 0.431 e. The van der Waals surface area contributed by atoms with E-state index in [1.807, 2.05) is 31.2 Å². The summed E-state index contributed by atoms with van der Waals surface area (Å²) in [6.45, 7) is 1.98. The van der Waals surface area contributed by atoms with Crippen molar-refractivity contribution in [1.29, 1.82) is 0 Å². The van der Waals surface area contributed by atoms with Crippen LogP contribution in [-0.2, 0) is 4.79 Å². The lowest BCUT2D eigenvalue weighted by molar-refractivity contribution is -0.113. The molecule has 0 unspecified atom stereocenters. The van der Waals surface area contributed by atoms with Gasteiger partial charge < -0.3 is 9.73 Å². The summed E-state index contributed by atoms with van der Waals surface area (Å²) in [5.41, 5.74) is 3.23. The lowest BCUT2D eigenvalue weighted by atomic mass is 10.2. The van der Waals surface area contributed by atoms with Gasteiger partial charge in [-0.2, -0.15) is 0 Å². The summed E-state index contributed by atoms with van der Waals surface area (Å²) in [5.74, 6) is 0.130. The van der Waals surface area contributed by atoms with Crippen LogP contribution in [0.1, 0.15) is 5.56 Å². The zero-order valence-corrected chi connectivity index (χ0v) is 13.4. The highest BCUT2D eigenvalue weighted by atomic mass is 35.5. The Kier molecular flexibility index (Phi) is 4.36. The first kappa shape index (κ1) is 14.9. The summed E-state index contributed by atoms with van der Waals surface area (Å²) in [7, 11) is 0. The van der Waals surface area contributed by atoms with E-state index in [0.29, 0.717) is 15.8 Å². The van der Waals surface area contributed by atoms with Gasteiger partial charge in [0, 0.05) is 16.8 Å². The molecule has 0 aliphatic carbocycles. The lowest BCUT2D eigenvalue weighted by Crippen LogP contribution is -2.13. The number of nitrogens with zero attached hydrogens (tertiary/aromatic N) is 1. The smallest absolute Gasteiger partial charge is 0.257 e. The van der Waals surface area contributed by atoms with Crippen LogP contribution in [0.25, 0.3) is 11.1 Å². The van der Waals surface area contributed by atoms with Crippen molar-refractivity contribution >= 4 is 46.1 Å². The number of carbonyl (C=O) groups excluding carboxylic acids is 1. The third-order valence-corrected chi connectivity index (χ3v) is 4.02. The van der Waals surface area contributed by atoms with E-state index in [-0.39, 0.29) is 11.7 Å². The van der Waals surface area contributed by atoms with Crippen LogP contribution in [0.3, 0.4) is 0 Å². The van der Waals surface area contributed by atoms with Crippen LogP contribution in [-0.4, -0.2) is 16.6 Å². The molecule has 0 aliphatic heterocycles. The van der Waals surface area contributed by atoms with E-state index in [4.69, 9.17) is 16.0 Å². The van der Waals surface area contributed by atoms with E-state index in [0.717, 1.165) is 16.8 Å². The number of oxazole rings is 1. The second-order valence-corrected chi connectivity index (χ2v) is 6.16. The molecule has 0 bridgehead atoms. The molecule has 1 heterocycles. The van der Waals surface area contributed by atoms with Crippen LogP contribution >= 0.6 is 23.4 Å². The maximum absolute atomic E-state index is 11.9. The molecule has 1 aromatic heterocycles. The molecule has 0 saturated heterocycles. The molecule has 1 N–H and O–H groups in total. The van der Waals surface area contributed by atoms with E-state index in [1.165, 1.54) is 11.8 Å². The van der Waals surface area contributed by atoms with Gasteiger partial charge in [-0.05, 0) is 36.8 Å². The minimum Gasteiger partial charge on any atom is -0.431 e. The molecule has 0 spiro atoms. The molecule has 4 nitrogen and oxygen atoms in total. The number of halogens is 1. The SMILES string of the molecule is Cc1cccc(NC(=O)CSc2nc3ccc(Cl)cc3o2)c1. The highest BCUT2D eigenvalue weighted by molar-refractivity contribution is 7.99. The van der Waals surface area contributed by atoms with Gasteiger partial charge >= 0.3 is 0 Å². The minimum atomic E-state index is -0.101. The van der Waals surface area contributed by atoms with Crippen molar-refractivity contribution in [1.82, 2.24) is 4.98 Å². The van der Waals surface area contributed by atoms with Crippen molar-refractivity contribution in [3.8, 4) is 0 Å². The van der Waals surface area contributed by atoms with Gasteiger partial charge in [-0.1, -0.05) is 35.5 Å². The summed E-state index contributed by atoms with van der Waals surface area (Å²) in [6.07, 6.45) is 0. The predicted octanol–water partition coefficient (Wildman–Crippen LogP) is 4.52. The van der Waals surface area contributed by atoms with Crippen molar-refractivity contribution in [2.24, 2.45) is 0 Å². The molecule has 0 fully saturated rings. The molecule has 1 amide bonds. The van der Waals surface area contributed by atoms with Crippen LogP contribution in [0.2, 0.25) is 5.02 Å². The monoisotopic (exact) mass is 332 g/mol. The normalized spacial score (nSPS) is 10.8. The molecule has 3 rings (SSSR count). The van der Waals surface area contributed by atoms with E-state index in [9.17, 15) is 4.79 Å². The Morgan fingerprint density at radius 1 is 1.32 bits per heavy atom. The molecule has 0 radical (unpaired) electrons. The second kappa shape index (κ2) is 6.42. The number of aryl methyl sites for hydroxylation is 1. The Labute approximate surface area is 136 Å². The Bertz CT molecular complexity index is 832. The summed E-state index contributed by atoms with van der Waals surface area (Å²) in [4.78, 5) is 16.2. The van der Waals surface area contributed by atoms with Crippen molar-refractivity contribution < 1.29 is 9.21 Å². The Morgan fingerprint density at radius 3 is 3.00 bits per heavy atom. The molecule has 6 heteroatoms. The fraction of sp³-hybridized carbons (Fsp3) is 0.125. The standard InChI is InChI=1S/C16H13ClN2O2S/c1-10-3-2-4-12(7-10)18-15(20)9-22-16-19-13-6-5-11(17)8-14(13)21-16/h2-8H,9H2,1H3,(H,18,20). The number of thioether (sulfide) groups is 1. The lowest BCUT2D eigenvalue weighted by Gasteiger charge is -2.04. The molecule has 3 aromatic rings. The van der Waals surface area contributed by atoms with Gasteiger partial charge in [0.1, 0.15) is 5.52 Å². The van der Waals surface area contributed by atoms with Gasteiger partial charge in [0.25, 0.3) is 5.22 Å². The first-order valence-corrected chi connectivity index (χ1v) is 8.02. The van der Waals surface area contributed by atoms with Crippen LogP contribution < -0.4 is 5.32 Å². The van der Waals surface area contributed by atoms with Crippen LogP contribution in [0.5, 0.6) is 0 Å². The topological polar surface area (TPSA) is 55.1 Å². The molecule has 112 valence electrons. The summed E-state index contributed by atoms with van der Waals surface area (Å²) in [6, 6.07) is 12.9. The number of nitrogens with one attached hydrogen (secondary N) is 1. The summed E-state index contributed by atoms with van der Waals surface area (Å²) in [5, 5.41) is 3.90. The van der Waals surface area contributed by atoms with E-state index < -0.39 is 0 Å². The number of hydrogen-bond acceptors (Lipinski definition) is 4.